The molecule has 1 saturated heterocycles. The summed E-state index contributed by atoms with van der Waals surface area (Å²) in [5.41, 5.74) is 1.64. The molecular formula is C23H38N4O3. The van der Waals surface area contributed by atoms with Crippen LogP contribution < -0.4 is 20.1 Å². The number of morpholine rings is 1. The van der Waals surface area contributed by atoms with Crippen LogP contribution in [0.25, 0.3) is 0 Å². The second-order valence-corrected chi connectivity index (χ2v) is 8.29. The number of methoxy groups -OCH3 is 2. The van der Waals surface area contributed by atoms with Gasteiger partial charge in [-0.15, -0.1) is 0 Å². The van der Waals surface area contributed by atoms with Crippen molar-refractivity contribution >= 4 is 5.96 Å². The fourth-order valence-corrected chi connectivity index (χ4v) is 4.42. The van der Waals surface area contributed by atoms with Crippen molar-refractivity contribution in [1.82, 2.24) is 15.5 Å². The zero-order chi connectivity index (χ0) is 21.4. The van der Waals surface area contributed by atoms with Crippen molar-refractivity contribution in [3.8, 4) is 11.5 Å². The summed E-state index contributed by atoms with van der Waals surface area (Å²) >= 11 is 0. The molecule has 0 spiro atoms. The maximum atomic E-state index is 5.58. The Bertz CT molecular complexity index is 694. The van der Waals surface area contributed by atoms with E-state index in [1.54, 1.807) is 14.2 Å². The number of hydrogen-bond donors (Lipinski definition) is 2. The standard InChI is InChI=1S/C23H38N4O3/c1-5-23(9-6-10-23)17-26-22(24-2)25-16-19(27-11-13-30-14-12-27)18-7-8-20(28-3)21(15-18)29-4/h7-8,15,19H,5-6,9-14,16-17H2,1-4H3,(H2,24,25,26). The molecule has 2 fully saturated rings. The monoisotopic (exact) mass is 418 g/mol. The van der Waals surface area contributed by atoms with Crippen LogP contribution in [0.15, 0.2) is 23.2 Å². The summed E-state index contributed by atoms with van der Waals surface area (Å²) < 4.78 is 16.5. The van der Waals surface area contributed by atoms with Crippen LogP contribution >= 0.6 is 0 Å². The Morgan fingerprint density at radius 2 is 1.90 bits per heavy atom. The second kappa shape index (κ2) is 10.9. The number of nitrogens with one attached hydrogen (secondary N) is 2. The molecule has 1 heterocycles. The Labute approximate surface area is 181 Å². The maximum Gasteiger partial charge on any atom is 0.191 e. The van der Waals surface area contributed by atoms with Crippen molar-refractivity contribution in [3.63, 3.8) is 0 Å². The Morgan fingerprint density at radius 1 is 1.17 bits per heavy atom. The Balaban J connectivity index is 1.69. The van der Waals surface area contributed by atoms with Crippen molar-refractivity contribution in [2.24, 2.45) is 10.4 Å². The highest BCUT2D eigenvalue weighted by Crippen LogP contribution is 2.43. The third-order valence-corrected chi connectivity index (χ3v) is 6.76. The molecule has 0 aromatic heterocycles. The van der Waals surface area contributed by atoms with Crippen LogP contribution in [-0.2, 0) is 4.74 Å². The van der Waals surface area contributed by atoms with Gasteiger partial charge in [-0.05, 0) is 42.4 Å². The molecule has 2 N–H and O–H groups in total. The van der Waals surface area contributed by atoms with Crippen molar-refractivity contribution in [3.05, 3.63) is 23.8 Å². The van der Waals surface area contributed by atoms with Crippen LogP contribution in [0, 0.1) is 5.41 Å². The van der Waals surface area contributed by atoms with E-state index in [1.165, 1.54) is 31.2 Å². The highest BCUT2D eigenvalue weighted by atomic mass is 16.5. The molecule has 1 aliphatic heterocycles. The smallest absolute Gasteiger partial charge is 0.191 e. The van der Waals surface area contributed by atoms with Crippen LogP contribution in [0.3, 0.4) is 0 Å². The zero-order valence-corrected chi connectivity index (χ0v) is 19.0. The summed E-state index contributed by atoms with van der Waals surface area (Å²) in [4.78, 5) is 6.92. The minimum Gasteiger partial charge on any atom is -0.493 e. The lowest BCUT2D eigenvalue weighted by molar-refractivity contribution is 0.0169. The van der Waals surface area contributed by atoms with Gasteiger partial charge in [-0.25, -0.2) is 0 Å². The molecule has 2 aliphatic rings. The van der Waals surface area contributed by atoms with Gasteiger partial charge >= 0.3 is 0 Å². The van der Waals surface area contributed by atoms with E-state index in [4.69, 9.17) is 14.2 Å². The average molecular weight is 419 g/mol. The van der Waals surface area contributed by atoms with E-state index < -0.39 is 0 Å². The summed E-state index contributed by atoms with van der Waals surface area (Å²) in [7, 11) is 5.19. The maximum absolute atomic E-state index is 5.58. The predicted molar refractivity (Wildman–Crippen MR) is 121 cm³/mol. The SMILES string of the molecule is CCC1(CNC(=NC)NCC(c2ccc(OC)c(OC)c2)N2CCOCC2)CCC1. The molecule has 1 aliphatic carbocycles. The summed E-state index contributed by atoms with van der Waals surface area (Å²) in [6, 6.07) is 6.38. The lowest BCUT2D eigenvalue weighted by atomic mass is 9.67. The van der Waals surface area contributed by atoms with E-state index in [9.17, 15) is 0 Å². The number of benzene rings is 1. The molecule has 0 bridgehead atoms. The molecule has 30 heavy (non-hydrogen) atoms. The van der Waals surface area contributed by atoms with Crippen molar-refractivity contribution in [2.75, 3.05) is 60.7 Å². The van der Waals surface area contributed by atoms with E-state index >= 15 is 0 Å². The molecule has 168 valence electrons. The average Bonchev–Trinajstić information content (AvgIpc) is 2.77. The second-order valence-electron chi connectivity index (χ2n) is 8.29. The van der Waals surface area contributed by atoms with Crippen LogP contribution in [0.1, 0.15) is 44.2 Å². The third kappa shape index (κ3) is 5.38. The van der Waals surface area contributed by atoms with Crippen molar-refractivity contribution in [1.29, 1.82) is 0 Å². The van der Waals surface area contributed by atoms with Crippen molar-refractivity contribution in [2.45, 2.75) is 38.6 Å². The van der Waals surface area contributed by atoms with E-state index in [0.29, 0.717) is 5.41 Å². The van der Waals surface area contributed by atoms with Gasteiger partial charge in [-0.2, -0.15) is 0 Å². The number of rotatable bonds is 9. The highest BCUT2D eigenvalue weighted by molar-refractivity contribution is 5.79. The fraction of sp³-hybridized carbons (Fsp3) is 0.696. The lowest BCUT2D eigenvalue weighted by Gasteiger charge is -2.41. The van der Waals surface area contributed by atoms with Crippen LogP contribution in [0.5, 0.6) is 11.5 Å². The zero-order valence-electron chi connectivity index (χ0n) is 19.0. The summed E-state index contributed by atoms with van der Waals surface area (Å²) in [6.45, 7) is 7.38. The molecule has 1 aromatic rings. The summed E-state index contributed by atoms with van der Waals surface area (Å²) in [5, 5.41) is 7.13. The topological polar surface area (TPSA) is 67.4 Å². The van der Waals surface area contributed by atoms with Gasteiger partial charge in [-0.3, -0.25) is 9.89 Å². The molecule has 1 unspecified atom stereocenters. The van der Waals surface area contributed by atoms with Crippen LogP contribution in [0.4, 0.5) is 0 Å². The first-order valence-corrected chi connectivity index (χ1v) is 11.1. The lowest BCUT2D eigenvalue weighted by Crippen LogP contribution is -2.49. The third-order valence-electron chi connectivity index (χ3n) is 6.76. The van der Waals surface area contributed by atoms with Gasteiger partial charge < -0.3 is 24.8 Å². The number of nitrogens with zero attached hydrogens (tertiary/aromatic N) is 2. The van der Waals surface area contributed by atoms with Gasteiger partial charge in [-0.1, -0.05) is 19.4 Å². The molecule has 1 atom stereocenters. The number of ether oxygens (including phenoxy) is 3. The van der Waals surface area contributed by atoms with Gasteiger partial charge in [0.15, 0.2) is 17.5 Å². The number of guanidine groups is 1. The van der Waals surface area contributed by atoms with Gasteiger partial charge in [0.2, 0.25) is 0 Å². The molecule has 0 radical (unpaired) electrons. The normalized spacial score (nSPS) is 20.2. The van der Waals surface area contributed by atoms with Gasteiger partial charge in [0.25, 0.3) is 0 Å². The number of aliphatic imine (C=N–C) groups is 1. The molecule has 0 amide bonds. The van der Waals surface area contributed by atoms with E-state index in [-0.39, 0.29) is 6.04 Å². The molecule has 7 heteroatoms. The minimum atomic E-state index is 0.191. The van der Waals surface area contributed by atoms with E-state index in [2.05, 4.69) is 39.6 Å². The first-order valence-electron chi connectivity index (χ1n) is 11.1. The molecule has 3 rings (SSSR count). The molecule has 1 aromatic carbocycles. The molecule has 1 saturated carbocycles. The van der Waals surface area contributed by atoms with Gasteiger partial charge in [0.05, 0.1) is 33.5 Å². The van der Waals surface area contributed by atoms with Gasteiger partial charge in [0.1, 0.15) is 0 Å². The first-order chi connectivity index (χ1) is 14.6. The number of hydrogen-bond acceptors (Lipinski definition) is 5. The van der Waals surface area contributed by atoms with Gasteiger partial charge in [0, 0.05) is 33.2 Å². The Kier molecular flexibility index (Phi) is 8.22. The summed E-state index contributed by atoms with van der Waals surface area (Å²) in [5.74, 6) is 2.37. The fourth-order valence-electron chi connectivity index (χ4n) is 4.42. The highest BCUT2D eigenvalue weighted by Gasteiger charge is 2.35. The quantitative estimate of drug-likeness (QED) is 0.475. The molecular weight excluding hydrogens is 380 g/mol. The molecule has 7 nitrogen and oxygen atoms in total. The van der Waals surface area contributed by atoms with E-state index in [0.717, 1.165) is 56.9 Å². The minimum absolute atomic E-state index is 0.191. The van der Waals surface area contributed by atoms with Crippen LogP contribution in [-0.4, -0.2) is 71.5 Å². The largest absolute Gasteiger partial charge is 0.493 e. The Morgan fingerprint density at radius 3 is 2.47 bits per heavy atom. The van der Waals surface area contributed by atoms with E-state index in [1.807, 2.05) is 13.1 Å². The Hall–Kier alpha value is -1.99. The summed E-state index contributed by atoms with van der Waals surface area (Å²) in [6.07, 6.45) is 5.20. The van der Waals surface area contributed by atoms with Crippen LogP contribution in [0.2, 0.25) is 0 Å². The predicted octanol–water partition coefficient (Wildman–Crippen LogP) is 2.82. The van der Waals surface area contributed by atoms with Crippen molar-refractivity contribution < 1.29 is 14.2 Å². The first kappa shape index (κ1) is 22.7.